The fourth-order valence-corrected chi connectivity index (χ4v) is 4.37. The Kier molecular flexibility index (Phi) is 5.31. The number of benzene rings is 2. The summed E-state index contributed by atoms with van der Waals surface area (Å²) in [6.07, 6.45) is 9.09. The van der Waals surface area contributed by atoms with Crippen molar-refractivity contribution in [3.05, 3.63) is 95.7 Å². The Morgan fingerprint density at radius 3 is 1.59 bits per heavy atom. The minimum atomic E-state index is 0.0934. The topological polar surface area (TPSA) is 42.0 Å². The van der Waals surface area contributed by atoms with Gasteiger partial charge in [-0.1, -0.05) is 24.3 Å². The van der Waals surface area contributed by atoms with Crippen molar-refractivity contribution in [1.29, 1.82) is 0 Å². The quantitative estimate of drug-likeness (QED) is 0.585. The summed E-state index contributed by atoms with van der Waals surface area (Å²) >= 11 is 0. The molecule has 5 heteroatoms. The minimum absolute atomic E-state index is 0.0934. The number of hydrogen-bond donors (Lipinski definition) is 0. The normalized spacial score (nSPS) is 22.1. The van der Waals surface area contributed by atoms with Crippen LogP contribution in [0.4, 0.5) is 11.4 Å². The van der Waals surface area contributed by atoms with E-state index in [9.17, 15) is 4.79 Å². The van der Waals surface area contributed by atoms with Gasteiger partial charge in [0.25, 0.3) is 0 Å². The summed E-state index contributed by atoms with van der Waals surface area (Å²) < 4.78 is 12.0. The second-order valence-corrected chi connectivity index (χ2v) is 7.85. The molecule has 32 heavy (non-hydrogen) atoms. The number of ether oxygens (including phenoxy) is 2. The molecule has 5 nitrogen and oxygen atoms in total. The second kappa shape index (κ2) is 8.42. The van der Waals surface area contributed by atoms with E-state index in [1.165, 1.54) is 0 Å². The van der Waals surface area contributed by atoms with Crippen molar-refractivity contribution in [2.45, 2.75) is 26.7 Å². The van der Waals surface area contributed by atoms with Gasteiger partial charge in [0.1, 0.15) is 0 Å². The molecule has 2 aromatic carbocycles. The second-order valence-electron chi connectivity index (χ2n) is 7.85. The molecule has 1 saturated carbocycles. The Morgan fingerprint density at radius 2 is 1.16 bits per heavy atom. The third-order valence-electron chi connectivity index (χ3n) is 6.01. The number of anilines is 2. The van der Waals surface area contributed by atoms with Gasteiger partial charge in [-0.05, 0) is 75.3 Å². The molecule has 0 bridgehead atoms. The van der Waals surface area contributed by atoms with Crippen molar-refractivity contribution < 1.29 is 14.3 Å². The summed E-state index contributed by atoms with van der Waals surface area (Å²) in [6, 6.07) is 16.0. The van der Waals surface area contributed by atoms with E-state index in [-0.39, 0.29) is 5.78 Å². The molecule has 0 aromatic heterocycles. The SMILES string of the molecule is CCN1/C(=C/C=C2/CC/C(=C\C=C3/Oc4ccccc4N3CC)C2=O)Oc2ccccc21. The lowest BCUT2D eigenvalue weighted by atomic mass is 10.1. The summed E-state index contributed by atoms with van der Waals surface area (Å²) in [5, 5.41) is 0. The van der Waals surface area contributed by atoms with Gasteiger partial charge in [-0.3, -0.25) is 4.79 Å². The van der Waals surface area contributed by atoms with Gasteiger partial charge in [0, 0.05) is 24.2 Å². The van der Waals surface area contributed by atoms with E-state index in [0.717, 1.165) is 71.7 Å². The van der Waals surface area contributed by atoms with Gasteiger partial charge < -0.3 is 19.3 Å². The van der Waals surface area contributed by atoms with Gasteiger partial charge in [0.2, 0.25) is 11.8 Å². The van der Waals surface area contributed by atoms with Crippen LogP contribution in [0.25, 0.3) is 0 Å². The smallest absolute Gasteiger partial charge is 0.200 e. The molecule has 162 valence electrons. The predicted molar refractivity (Wildman–Crippen MR) is 127 cm³/mol. The van der Waals surface area contributed by atoms with Crippen LogP contribution < -0.4 is 19.3 Å². The van der Waals surface area contributed by atoms with Crippen molar-refractivity contribution in [2.75, 3.05) is 22.9 Å². The highest BCUT2D eigenvalue weighted by atomic mass is 16.5. The van der Waals surface area contributed by atoms with E-state index in [1.54, 1.807) is 0 Å². The number of carbonyl (C=O) groups is 1. The van der Waals surface area contributed by atoms with Crippen molar-refractivity contribution in [3.8, 4) is 11.5 Å². The van der Waals surface area contributed by atoms with E-state index in [4.69, 9.17) is 9.47 Å². The minimum Gasteiger partial charge on any atom is -0.439 e. The zero-order valence-corrected chi connectivity index (χ0v) is 18.4. The summed E-state index contributed by atoms with van der Waals surface area (Å²) in [7, 11) is 0. The predicted octanol–water partition coefficient (Wildman–Crippen LogP) is 5.72. The monoisotopic (exact) mass is 426 g/mol. The summed E-state index contributed by atoms with van der Waals surface area (Å²) in [6.45, 7) is 5.78. The molecule has 1 fully saturated rings. The van der Waals surface area contributed by atoms with Crippen LogP contribution in [-0.4, -0.2) is 18.9 Å². The molecular formula is C27H26N2O3. The van der Waals surface area contributed by atoms with Crippen LogP contribution >= 0.6 is 0 Å². The number of carbonyl (C=O) groups excluding carboxylic acids is 1. The van der Waals surface area contributed by atoms with E-state index in [0.29, 0.717) is 0 Å². The largest absolute Gasteiger partial charge is 0.439 e. The number of rotatable bonds is 4. The summed E-state index contributed by atoms with van der Waals surface area (Å²) in [4.78, 5) is 17.2. The average molecular weight is 427 g/mol. The number of ketones is 1. The molecule has 0 spiro atoms. The highest BCUT2D eigenvalue weighted by Gasteiger charge is 2.27. The lowest BCUT2D eigenvalue weighted by molar-refractivity contribution is -0.111. The molecule has 0 saturated heterocycles. The Bertz CT molecular complexity index is 1100. The van der Waals surface area contributed by atoms with E-state index in [2.05, 4.69) is 23.6 Å². The molecule has 0 radical (unpaired) electrons. The van der Waals surface area contributed by atoms with Gasteiger partial charge in [0.15, 0.2) is 17.3 Å². The van der Waals surface area contributed by atoms with Crippen molar-refractivity contribution in [1.82, 2.24) is 0 Å². The zero-order valence-electron chi connectivity index (χ0n) is 18.4. The van der Waals surface area contributed by atoms with Gasteiger partial charge in [-0.25, -0.2) is 0 Å². The van der Waals surface area contributed by atoms with Crippen molar-refractivity contribution in [3.63, 3.8) is 0 Å². The average Bonchev–Trinajstić information content (AvgIpc) is 3.48. The van der Waals surface area contributed by atoms with E-state index in [1.807, 2.05) is 72.8 Å². The van der Waals surface area contributed by atoms with Crippen molar-refractivity contribution in [2.24, 2.45) is 0 Å². The molecular weight excluding hydrogens is 400 g/mol. The van der Waals surface area contributed by atoms with Crippen LogP contribution in [0, 0.1) is 0 Å². The summed E-state index contributed by atoms with van der Waals surface area (Å²) in [5.74, 6) is 3.30. The van der Waals surface area contributed by atoms with Crippen LogP contribution in [0.2, 0.25) is 0 Å². The maximum Gasteiger partial charge on any atom is 0.200 e. The number of para-hydroxylation sites is 4. The number of hydrogen-bond acceptors (Lipinski definition) is 5. The third-order valence-corrected chi connectivity index (χ3v) is 6.01. The molecule has 2 aliphatic heterocycles. The number of allylic oxidation sites excluding steroid dienone is 6. The highest BCUT2D eigenvalue weighted by Crippen LogP contribution is 2.39. The van der Waals surface area contributed by atoms with Crippen LogP contribution in [0.1, 0.15) is 26.7 Å². The standard InChI is InChI=1S/C27H26N2O3/c1-3-28-21-9-5-7-11-23(21)31-25(28)17-15-19-13-14-20(27(19)30)16-18-26-29(4-2)22-10-6-8-12-24(22)32-26/h5-12,15-18H,3-4,13-14H2,1-2H3/b19-15-,20-16+,25-17-,26-18-. The first-order valence-electron chi connectivity index (χ1n) is 11.1. The lowest BCUT2D eigenvalue weighted by Crippen LogP contribution is -2.19. The maximum atomic E-state index is 12.9. The van der Waals surface area contributed by atoms with Crippen molar-refractivity contribution >= 4 is 17.2 Å². The molecule has 0 unspecified atom stereocenters. The molecule has 0 amide bonds. The lowest BCUT2D eigenvalue weighted by Gasteiger charge is -2.15. The number of nitrogens with zero attached hydrogens (tertiary/aromatic N) is 2. The first-order valence-corrected chi connectivity index (χ1v) is 11.1. The Morgan fingerprint density at radius 1 is 0.719 bits per heavy atom. The molecule has 2 aromatic rings. The first kappa shape index (κ1) is 20.2. The molecule has 3 aliphatic rings. The molecule has 0 atom stereocenters. The molecule has 2 heterocycles. The Hall–Kier alpha value is -3.73. The number of Topliss-reactive ketones (excluding diaryl/α,β-unsaturated/α-hetero) is 1. The highest BCUT2D eigenvalue weighted by molar-refractivity contribution is 6.11. The summed E-state index contributed by atoms with van der Waals surface area (Å²) in [5.41, 5.74) is 3.73. The van der Waals surface area contributed by atoms with Crippen LogP contribution in [0.15, 0.2) is 95.7 Å². The van der Waals surface area contributed by atoms with E-state index < -0.39 is 0 Å². The molecule has 1 aliphatic carbocycles. The third kappa shape index (κ3) is 3.50. The Balaban J connectivity index is 1.33. The molecule has 0 N–H and O–H groups in total. The Labute approximate surface area is 188 Å². The van der Waals surface area contributed by atoms with Gasteiger partial charge in [0.05, 0.1) is 11.4 Å². The van der Waals surface area contributed by atoms with Crippen LogP contribution in [0.3, 0.4) is 0 Å². The van der Waals surface area contributed by atoms with Crippen LogP contribution in [-0.2, 0) is 4.79 Å². The van der Waals surface area contributed by atoms with Gasteiger partial charge >= 0.3 is 0 Å². The number of fused-ring (bicyclic) bond motifs is 2. The molecule has 5 rings (SSSR count). The van der Waals surface area contributed by atoms with Crippen LogP contribution in [0.5, 0.6) is 11.5 Å². The zero-order chi connectivity index (χ0) is 22.1. The van der Waals surface area contributed by atoms with Gasteiger partial charge in [-0.15, -0.1) is 0 Å². The maximum absolute atomic E-state index is 12.9. The fourth-order valence-electron chi connectivity index (χ4n) is 4.37. The fraction of sp³-hybridized carbons (Fsp3) is 0.222. The van der Waals surface area contributed by atoms with Gasteiger partial charge in [-0.2, -0.15) is 0 Å². The first-order chi connectivity index (χ1) is 15.7. The van der Waals surface area contributed by atoms with E-state index >= 15 is 0 Å².